The largest absolute Gasteiger partial charge is 0.325 e. The molecule has 0 bridgehead atoms. The summed E-state index contributed by atoms with van der Waals surface area (Å²) in [4.78, 5) is 4.11. The van der Waals surface area contributed by atoms with Gasteiger partial charge in [-0.2, -0.15) is 8.29 Å². The minimum Gasteiger partial charge on any atom is -0.325 e. The maximum absolute atomic E-state index is 4.37. The van der Waals surface area contributed by atoms with Crippen LogP contribution in [-0.2, 0) is 39.9 Å². The van der Waals surface area contributed by atoms with Crippen LogP contribution in [0.4, 0.5) is 0 Å². The van der Waals surface area contributed by atoms with Gasteiger partial charge in [-0.25, -0.2) is 22.4 Å². The average Bonchev–Trinajstić information content (AvgIpc) is 1.35. The molecule has 0 unspecified atom stereocenters. The van der Waals surface area contributed by atoms with E-state index in [2.05, 4.69) is 31.6 Å². The monoisotopic (exact) mass is 143 g/mol. The molecule has 0 aromatic carbocycles. The van der Waals surface area contributed by atoms with Gasteiger partial charge >= 0.3 is 0 Å². The van der Waals surface area contributed by atoms with Crippen LogP contribution >= 0.6 is 0 Å². The Bertz CT molecular complexity index is 76.8. The molecule has 0 spiro atoms. The first-order valence-corrected chi connectivity index (χ1v) is 4.07. The van der Waals surface area contributed by atoms with E-state index in [1.54, 1.807) is 0 Å². The molecule has 0 N–H and O–H groups in total. The van der Waals surface area contributed by atoms with Gasteiger partial charge in [0.2, 0.25) is 0 Å². The minimum absolute atomic E-state index is 0.871. The Morgan fingerprint density at radius 2 is 2.00 bits per heavy atom. The molecule has 0 aliphatic heterocycles. The molecule has 0 heterocycles. The van der Waals surface area contributed by atoms with Crippen LogP contribution in [0.15, 0.2) is 0 Å². The number of hydrogen-bond donors (Lipinski definition) is 0. The summed E-state index contributed by atoms with van der Waals surface area (Å²) < 4.78 is 4.20. The molecule has 0 aliphatic carbocycles. The number of hydrogen-bond acceptors (Lipinski definition) is 5. The van der Waals surface area contributed by atoms with Crippen molar-refractivity contribution in [1.82, 2.24) is 0 Å². The molecule has 0 rings (SSSR count). The quantitative estimate of drug-likeness (QED) is 0.308. The van der Waals surface area contributed by atoms with Gasteiger partial charge < -0.3 is 4.33 Å². The maximum Gasteiger partial charge on any atom is 0.0691 e. The van der Waals surface area contributed by atoms with Crippen LogP contribution in [0.5, 0.6) is 0 Å². The molecule has 6 heavy (non-hydrogen) atoms. The first kappa shape index (κ1) is 6.71. The van der Waals surface area contributed by atoms with Crippen molar-refractivity contribution < 1.29 is 9.22 Å². The highest BCUT2D eigenvalue weighted by Gasteiger charge is 1.51. The molecule has 2 nitrogen and oxygen atoms in total. The zero-order valence-corrected chi connectivity index (χ0v) is 5.49. The molecule has 0 saturated carbocycles. The van der Waals surface area contributed by atoms with Gasteiger partial charge in [0.05, 0.1) is 7.11 Å². The molecule has 0 radical (unpaired) electrons. The van der Waals surface area contributed by atoms with Crippen molar-refractivity contribution >= 4 is 30.7 Å². The second kappa shape index (κ2) is 3.89. The first-order chi connectivity index (χ1) is 2.77. The van der Waals surface area contributed by atoms with Crippen molar-refractivity contribution in [2.45, 2.75) is 0 Å². The Labute approximate surface area is 47.4 Å². The van der Waals surface area contributed by atoms with E-state index in [4.69, 9.17) is 0 Å². The van der Waals surface area contributed by atoms with Gasteiger partial charge in [0, 0.05) is 0 Å². The molecular formula is CH3O2S3-. The fourth-order valence-electron chi connectivity index (χ4n) is 0.0556. The standard InChI is InChI=1S/CH3O2S3/c1-2-3-6(4)5/h1H3/q-1. The van der Waals surface area contributed by atoms with E-state index in [0.29, 0.717) is 0 Å². The van der Waals surface area contributed by atoms with Gasteiger partial charge in [0.15, 0.2) is 0 Å². The van der Waals surface area contributed by atoms with Crippen LogP contribution in [0, 0.1) is 0 Å². The highest BCUT2D eigenvalue weighted by atomic mass is 33.1. The van der Waals surface area contributed by atoms with E-state index in [9.17, 15) is 0 Å². The zero-order valence-electron chi connectivity index (χ0n) is 3.04. The van der Waals surface area contributed by atoms with Crippen LogP contribution in [0.2, 0.25) is 0 Å². The van der Waals surface area contributed by atoms with Gasteiger partial charge in [-0.3, -0.25) is 4.89 Å². The predicted octanol–water partition coefficient (Wildman–Crippen LogP) is 0.0215. The van der Waals surface area contributed by atoms with Crippen LogP contribution in [0.3, 0.4) is 0 Å². The topological polar surface area (TPSA) is 18.5 Å². The SMILES string of the molecule is COO[S-](=S)=S. The molecule has 0 saturated heterocycles. The second-order valence-corrected chi connectivity index (χ2v) is 3.43. The summed E-state index contributed by atoms with van der Waals surface area (Å²) in [6, 6.07) is 0. The lowest BCUT2D eigenvalue weighted by Crippen LogP contribution is -1.79. The lowest BCUT2D eigenvalue weighted by atomic mass is 11.8. The Balaban J connectivity index is 3.07. The third kappa shape index (κ3) is 4.71. The summed E-state index contributed by atoms with van der Waals surface area (Å²) in [5.74, 6) is 0. The van der Waals surface area contributed by atoms with Crippen molar-refractivity contribution in [3.8, 4) is 0 Å². The summed E-state index contributed by atoms with van der Waals surface area (Å²) in [6.45, 7) is 0. The van der Waals surface area contributed by atoms with E-state index < -0.39 is 8.29 Å². The maximum atomic E-state index is 4.37. The van der Waals surface area contributed by atoms with E-state index in [-0.39, 0.29) is 0 Å². The van der Waals surface area contributed by atoms with E-state index >= 15 is 0 Å². The van der Waals surface area contributed by atoms with Crippen molar-refractivity contribution in [1.29, 1.82) is 0 Å². The van der Waals surface area contributed by atoms with Crippen LogP contribution in [-0.4, -0.2) is 7.11 Å². The van der Waals surface area contributed by atoms with Gasteiger partial charge in [-0.05, 0) is 0 Å². The molecule has 5 heteroatoms. The summed E-state index contributed by atoms with van der Waals surface area (Å²) in [7, 11) is 0.502. The normalized spacial score (nSPS) is 9.67. The Morgan fingerprint density at radius 3 is 2.00 bits per heavy atom. The van der Waals surface area contributed by atoms with Gasteiger partial charge in [-0.1, -0.05) is 0 Å². The smallest absolute Gasteiger partial charge is 0.0691 e. The molecule has 0 fully saturated rings. The Hall–Kier alpha value is 0.710. The molecular weight excluding hydrogens is 140 g/mol. The van der Waals surface area contributed by atoms with Crippen molar-refractivity contribution in [2.24, 2.45) is 0 Å². The Morgan fingerprint density at radius 1 is 1.50 bits per heavy atom. The third-order valence-corrected chi connectivity index (χ3v) is 0.704. The van der Waals surface area contributed by atoms with E-state index in [0.717, 1.165) is 0 Å². The minimum atomic E-state index is -0.871. The zero-order chi connectivity index (χ0) is 4.99. The average molecular weight is 143 g/mol. The van der Waals surface area contributed by atoms with Crippen molar-refractivity contribution in [3.63, 3.8) is 0 Å². The lowest BCUT2D eigenvalue weighted by molar-refractivity contribution is -0.159. The van der Waals surface area contributed by atoms with E-state index in [1.807, 2.05) is 0 Å². The van der Waals surface area contributed by atoms with Crippen molar-refractivity contribution in [3.05, 3.63) is 0 Å². The highest BCUT2D eigenvalue weighted by molar-refractivity contribution is 8.44. The summed E-state index contributed by atoms with van der Waals surface area (Å²) >= 11 is 8.75. The van der Waals surface area contributed by atoms with Gasteiger partial charge in [0.25, 0.3) is 0 Å². The summed E-state index contributed by atoms with van der Waals surface area (Å²) in [5, 5.41) is 0. The summed E-state index contributed by atoms with van der Waals surface area (Å²) in [5.41, 5.74) is 0. The fraction of sp³-hybridized carbons (Fsp3) is 1.00. The lowest BCUT2D eigenvalue weighted by Gasteiger charge is -1.97. The van der Waals surface area contributed by atoms with Gasteiger partial charge in [0.1, 0.15) is 0 Å². The first-order valence-electron chi connectivity index (χ1n) is 1.07. The highest BCUT2D eigenvalue weighted by Crippen LogP contribution is 1.68. The molecule has 0 aliphatic rings. The van der Waals surface area contributed by atoms with Crippen molar-refractivity contribution in [2.75, 3.05) is 7.11 Å². The molecule has 0 aromatic heterocycles. The molecule has 0 amide bonds. The third-order valence-electron chi connectivity index (χ3n) is 0.124. The molecule has 0 aromatic rings. The van der Waals surface area contributed by atoms with Crippen LogP contribution in [0.1, 0.15) is 0 Å². The van der Waals surface area contributed by atoms with Gasteiger partial charge in [-0.15, -0.1) is 0 Å². The van der Waals surface area contributed by atoms with Crippen LogP contribution < -0.4 is 0 Å². The van der Waals surface area contributed by atoms with E-state index in [1.165, 1.54) is 7.11 Å². The van der Waals surface area contributed by atoms with Crippen LogP contribution in [0.25, 0.3) is 0 Å². The Kier molecular flexibility index (Phi) is 4.34. The second-order valence-electron chi connectivity index (χ2n) is 0.439. The fourth-order valence-corrected chi connectivity index (χ4v) is 0.500. The molecule has 38 valence electrons. The summed E-state index contributed by atoms with van der Waals surface area (Å²) in [6.07, 6.45) is 0. The molecule has 0 atom stereocenters. The number of rotatable bonds is 2. The predicted molar refractivity (Wildman–Crippen MR) is 30.2 cm³/mol.